The number of aliphatic hydroxyl groups excluding tert-OH is 2. The lowest BCUT2D eigenvalue weighted by Crippen LogP contribution is -2.63. The van der Waals surface area contributed by atoms with Crippen molar-refractivity contribution in [2.45, 2.75) is 31.4 Å². The molecule has 0 saturated heterocycles. The van der Waals surface area contributed by atoms with Crippen molar-refractivity contribution < 1.29 is 34.8 Å². The monoisotopic (exact) mass is 482 g/mol. The first-order chi connectivity index (χ1) is 16.5. The van der Waals surface area contributed by atoms with E-state index in [9.17, 15) is 34.8 Å². The van der Waals surface area contributed by atoms with Crippen LogP contribution in [-0.2, 0) is 16.0 Å². The first-order valence-corrected chi connectivity index (χ1v) is 11.5. The molecule has 0 radical (unpaired) electrons. The van der Waals surface area contributed by atoms with Crippen molar-refractivity contribution in [1.82, 2.24) is 10.2 Å². The van der Waals surface area contributed by atoms with Crippen LogP contribution in [0.25, 0.3) is 6.08 Å². The highest BCUT2D eigenvalue weighted by Crippen LogP contribution is 2.52. The van der Waals surface area contributed by atoms with Gasteiger partial charge in [0.1, 0.15) is 22.8 Å². The number of aromatic hydroxyl groups is 1. The summed E-state index contributed by atoms with van der Waals surface area (Å²) >= 11 is 0. The topological polar surface area (TPSA) is 147 Å². The predicted octanol–water partition coefficient (Wildman–Crippen LogP) is 1.46. The van der Waals surface area contributed by atoms with Gasteiger partial charge < -0.3 is 25.7 Å². The molecule has 0 amide bonds. The number of hydrogen-bond acceptors (Lipinski definition) is 9. The minimum atomic E-state index is -2.55. The maximum Gasteiger partial charge on any atom is 0.209 e. The van der Waals surface area contributed by atoms with Crippen molar-refractivity contribution in [3.05, 3.63) is 57.6 Å². The van der Waals surface area contributed by atoms with E-state index in [-0.39, 0.29) is 29.7 Å². The number of carbonyl (C=O) groups is 3. The molecule has 0 saturated carbocycles. The van der Waals surface area contributed by atoms with Gasteiger partial charge in [0.15, 0.2) is 17.2 Å². The second kappa shape index (κ2) is 8.75. The molecule has 0 bridgehead atoms. The highest BCUT2D eigenvalue weighted by molar-refractivity contribution is 6.25. The number of aliphatic hydroxyl groups is 3. The summed E-state index contributed by atoms with van der Waals surface area (Å²) in [5, 5.41) is 47.3. The molecule has 4 rings (SSSR count). The highest BCUT2D eigenvalue weighted by Gasteiger charge is 2.63. The number of likely N-dealkylation sites (N-methyl/N-ethyl adjacent to an activating group) is 2. The summed E-state index contributed by atoms with van der Waals surface area (Å²) in [6, 6.07) is 2.18. The van der Waals surface area contributed by atoms with E-state index in [0.717, 1.165) is 12.5 Å². The standard InChI is InChI=1S/C26H30N2O7/c1-12(29)18-23(32)21(28(3)4)16-11-14-10-15-13(6-5-9-27-2)7-8-17(30)20(15)22(31)19(14)25(34)26(16,35)24(18)33/h5-8,14,16,21,27,30,32,34-35H,9-11H2,1-4H3/b6-5+/t14-,16-,21-,26+/m0/s1. The molecule has 186 valence electrons. The lowest BCUT2D eigenvalue weighted by molar-refractivity contribution is -0.148. The van der Waals surface area contributed by atoms with Gasteiger partial charge in [0, 0.05) is 18.0 Å². The third-order valence-electron chi connectivity index (χ3n) is 7.37. The average Bonchev–Trinajstić information content (AvgIpc) is 2.77. The molecule has 5 N–H and O–H groups in total. The second-order valence-electron chi connectivity index (χ2n) is 9.64. The molecule has 0 heterocycles. The van der Waals surface area contributed by atoms with Crippen molar-refractivity contribution in [3.8, 4) is 5.75 Å². The van der Waals surface area contributed by atoms with Gasteiger partial charge in [0.2, 0.25) is 5.78 Å². The Kier molecular flexibility index (Phi) is 6.21. The van der Waals surface area contributed by atoms with Gasteiger partial charge in [0.05, 0.1) is 11.6 Å². The Bertz CT molecular complexity index is 1230. The number of phenols is 1. The number of nitrogens with one attached hydrogen (secondary N) is 1. The number of carbonyl (C=O) groups excluding carboxylic acids is 3. The molecule has 9 heteroatoms. The first kappa shape index (κ1) is 24.8. The molecule has 9 nitrogen and oxygen atoms in total. The van der Waals surface area contributed by atoms with Crippen LogP contribution in [0.15, 0.2) is 40.9 Å². The number of benzene rings is 1. The summed E-state index contributed by atoms with van der Waals surface area (Å²) in [4.78, 5) is 40.8. The lowest BCUT2D eigenvalue weighted by Gasteiger charge is -2.50. The fourth-order valence-electron chi connectivity index (χ4n) is 5.84. The Morgan fingerprint density at radius 1 is 1.23 bits per heavy atom. The number of fused-ring (bicyclic) bond motifs is 3. The minimum Gasteiger partial charge on any atom is -0.510 e. The Labute approximate surface area is 203 Å². The van der Waals surface area contributed by atoms with Crippen LogP contribution in [-0.4, -0.2) is 82.0 Å². The van der Waals surface area contributed by atoms with Gasteiger partial charge in [-0.3, -0.25) is 19.3 Å². The fraction of sp³-hybridized carbons (Fsp3) is 0.423. The number of hydrogen-bond donors (Lipinski definition) is 5. The van der Waals surface area contributed by atoms with E-state index in [1.54, 1.807) is 32.1 Å². The summed E-state index contributed by atoms with van der Waals surface area (Å²) in [6.07, 6.45) is 4.10. The Balaban J connectivity index is 1.92. The summed E-state index contributed by atoms with van der Waals surface area (Å²) < 4.78 is 0. The van der Waals surface area contributed by atoms with E-state index in [0.29, 0.717) is 12.1 Å². The van der Waals surface area contributed by atoms with Crippen molar-refractivity contribution in [1.29, 1.82) is 0 Å². The third-order valence-corrected chi connectivity index (χ3v) is 7.37. The van der Waals surface area contributed by atoms with E-state index >= 15 is 0 Å². The molecule has 0 spiro atoms. The van der Waals surface area contributed by atoms with Crippen LogP contribution in [0.2, 0.25) is 0 Å². The lowest BCUT2D eigenvalue weighted by atomic mass is 9.58. The predicted molar refractivity (Wildman–Crippen MR) is 128 cm³/mol. The quantitative estimate of drug-likeness (QED) is 0.393. The number of nitrogens with zero attached hydrogens (tertiary/aromatic N) is 1. The van der Waals surface area contributed by atoms with Crippen LogP contribution in [0.4, 0.5) is 0 Å². The molecular weight excluding hydrogens is 452 g/mol. The number of phenolic OH excluding ortho intramolecular Hbond substituents is 1. The summed E-state index contributed by atoms with van der Waals surface area (Å²) in [5.41, 5.74) is -1.90. The fourth-order valence-corrected chi connectivity index (χ4v) is 5.84. The van der Waals surface area contributed by atoms with Crippen LogP contribution < -0.4 is 5.32 Å². The summed E-state index contributed by atoms with van der Waals surface area (Å²) in [6.45, 7) is 1.70. The largest absolute Gasteiger partial charge is 0.510 e. The zero-order valence-electron chi connectivity index (χ0n) is 20.1. The van der Waals surface area contributed by atoms with Gasteiger partial charge in [-0.25, -0.2) is 0 Å². The van der Waals surface area contributed by atoms with E-state index in [2.05, 4.69) is 5.32 Å². The first-order valence-electron chi connectivity index (χ1n) is 11.5. The van der Waals surface area contributed by atoms with Gasteiger partial charge in [-0.15, -0.1) is 0 Å². The van der Waals surface area contributed by atoms with Gasteiger partial charge in [-0.2, -0.15) is 0 Å². The highest BCUT2D eigenvalue weighted by atomic mass is 16.3. The number of ketones is 3. The van der Waals surface area contributed by atoms with Gasteiger partial charge in [-0.05, 0) is 64.0 Å². The molecule has 3 aliphatic rings. The van der Waals surface area contributed by atoms with E-state index in [1.165, 1.54) is 6.07 Å². The number of allylic oxidation sites excluding steroid dienone is 1. The van der Waals surface area contributed by atoms with Crippen molar-refractivity contribution >= 4 is 23.4 Å². The smallest absolute Gasteiger partial charge is 0.209 e. The van der Waals surface area contributed by atoms with Crippen LogP contribution in [0.5, 0.6) is 5.75 Å². The average molecular weight is 483 g/mol. The molecule has 3 aliphatic carbocycles. The Morgan fingerprint density at radius 2 is 1.91 bits per heavy atom. The van der Waals surface area contributed by atoms with Crippen molar-refractivity contribution in [3.63, 3.8) is 0 Å². The summed E-state index contributed by atoms with van der Waals surface area (Å²) in [7, 11) is 5.07. The Hall–Kier alpha value is -3.27. The number of rotatable bonds is 5. The second-order valence-corrected chi connectivity index (χ2v) is 9.64. The Morgan fingerprint density at radius 3 is 2.51 bits per heavy atom. The molecule has 1 aromatic rings. The zero-order valence-corrected chi connectivity index (χ0v) is 20.1. The van der Waals surface area contributed by atoms with E-state index in [4.69, 9.17) is 0 Å². The normalized spacial score (nSPS) is 28.5. The molecule has 1 aromatic carbocycles. The molecular formula is C26H30N2O7. The van der Waals surface area contributed by atoms with Crippen LogP contribution in [0.3, 0.4) is 0 Å². The number of Topliss-reactive ketones (excluding diaryl/α,β-unsaturated/α-hetero) is 3. The molecule has 0 fully saturated rings. The molecule has 0 aliphatic heterocycles. The van der Waals surface area contributed by atoms with Crippen LogP contribution >= 0.6 is 0 Å². The van der Waals surface area contributed by atoms with Gasteiger partial charge in [0.25, 0.3) is 0 Å². The maximum absolute atomic E-state index is 13.6. The summed E-state index contributed by atoms with van der Waals surface area (Å²) in [5.74, 6) is -5.63. The minimum absolute atomic E-state index is 0.0223. The SMILES string of the molecule is CNC/C=C/c1ccc(O)c2c1C[C@H]1C[C@H]3[C@H](N(C)C)C(O)=C(C(C)=O)C(=O)[C@@]3(O)C(O)=C1C2=O. The zero-order chi connectivity index (χ0) is 25.8. The van der Waals surface area contributed by atoms with Crippen molar-refractivity contribution in [2.75, 3.05) is 27.7 Å². The van der Waals surface area contributed by atoms with Gasteiger partial charge in [-0.1, -0.05) is 18.2 Å². The van der Waals surface area contributed by atoms with E-state index in [1.807, 2.05) is 12.2 Å². The molecule has 0 unspecified atom stereocenters. The molecule has 4 atom stereocenters. The van der Waals surface area contributed by atoms with E-state index < -0.39 is 57.9 Å². The third kappa shape index (κ3) is 3.53. The van der Waals surface area contributed by atoms with Crippen LogP contribution in [0.1, 0.15) is 34.8 Å². The maximum atomic E-state index is 13.6. The van der Waals surface area contributed by atoms with Gasteiger partial charge >= 0.3 is 0 Å². The molecule has 0 aromatic heterocycles. The molecule has 35 heavy (non-hydrogen) atoms. The van der Waals surface area contributed by atoms with Crippen LogP contribution in [0, 0.1) is 11.8 Å². The van der Waals surface area contributed by atoms with Crippen molar-refractivity contribution in [2.24, 2.45) is 11.8 Å².